The van der Waals surface area contributed by atoms with Crippen molar-refractivity contribution in [2.45, 2.75) is 60.3 Å². The molecule has 0 bridgehead atoms. The highest BCUT2D eigenvalue weighted by Crippen LogP contribution is 2.36. The summed E-state index contributed by atoms with van der Waals surface area (Å²) in [5, 5.41) is 0. The molecule has 0 aromatic rings. The van der Waals surface area contributed by atoms with Gasteiger partial charge in [-0.05, 0) is 25.7 Å². The van der Waals surface area contributed by atoms with Crippen LogP contribution in [0, 0.1) is 5.41 Å². The van der Waals surface area contributed by atoms with Crippen LogP contribution < -0.4 is 0 Å². The summed E-state index contributed by atoms with van der Waals surface area (Å²) >= 11 is 0. The number of hydrogen-bond donors (Lipinski definition) is 0. The predicted molar refractivity (Wildman–Crippen MR) is 57.4 cm³/mol. The zero-order valence-electron chi connectivity index (χ0n) is 9.41. The van der Waals surface area contributed by atoms with E-state index in [2.05, 4.69) is 40.7 Å². The van der Waals surface area contributed by atoms with Crippen LogP contribution in [0.1, 0.15) is 60.3 Å². The average molecular weight is 168 g/mol. The monoisotopic (exact) mass is 168 g/mol. The van der Waals surface area contributed by atoms with Gasteiger partial charge in [0.25, 0.3) is 0 Å². The van der Waals surface area contributed by atoms with E-state index < -0.39 is 0 Å². The van der Waals surface area contributed by atoms with Crippen molar-refractivity contribution in [2.75, 3.05) is 0 Å². The molecule has 0 unspecified atom stereocenters. The third-order valence-electron chi connectivity index (χ3n) is 3.40. The molecule has 0 N–H and O–H groups in total. The molecule has 0 saturated carbocycles. The van der Waals surface area contributed by atoms with Gasteiger partial charge in [-0.15, -0.1) is 0 Å². The van der Waals surface area contributed by atoms with Gasteiger partial charge in [0.2, 0.25) is 0 Å². The van der Waals surface area contributed by atoms with Crippen molar-refractivity contribution in [2.24, 2.45) is 5.41 Å². The Bertz CT molecular complexity index is 130. The van der Waals surface area contributed by atoms with Crippen LogP contribution in [-0.2, 0) is 0 Å². The molecule has 0 nitrogen and oxygen atoms in total. The summed E-state index contributed by atoms with van der Waals surface area (Å²) in [6.45, 7) is 11.3. The van der Waals surface area contributed by atoms with Gasteiger partial charge in [0.15, 0.2) is 0 Å². The zero-order valence-corrected chi connectivity index (χ0v) is 9.41. The molecule has 0 saturated heterocycles. The quantitative estimate of drug-likeness (QED) is 0.528. The van der Waals surface area contributed by atoms with Gasteiger partial charge in [-0.25, -0.2) is 0 Å². The number of allylic oxidation sites excluding steroid dienone is 2. The molecule has 0 aliphatic heterocycles. The molecule has 0 heterocycles. The summed E-state index contributed by atoms with van der Waals surface area (Å²) in [5.74, 6) is 0. The molecule has 0 aromatic carbocycles. The molecule has 0 aliphatic rings. The van der Waals surface area contributed by atoms with Crippen molar-refractivity contribution in [1.82, 2.24) is 0 Å². The lowest BCUT2D eigenvalue weighted by atomic mass is 9.75. The second kappa shape index (κ2) is 5.40. The summed E-state index contributed by atoms with van der Waals surface area (Å²) in [5.41, 5.74) is 2.12. The lowest BCUT2D eigenvalue weighted by Crippen LogP contribution is -2.17. The van der Waals surface area contributed by atoms with E-state index in [-0.39, 0.29) is 0 Å². The van der Waals surface area contributed by atoms with Crippen LogP contribution >= 0.6 is 0 Å². The fraction of sp³-hybridized carbons (Fsp3) is 0.833. The van der Waals surface area contributed by atoms with Gasteiger partial charge < -0.3 is 0 Å². The highest BCUT2D eigenvalue weighted by molar-refractivity contribution is 5.00. The summed E-state index contributed by atoms with van der Waals surface area (Å²) in [7, 11) is 0. The van der Waals surface area contributed by atoms with E-state index in [1.54, 1.807) is 5.57 Å². The Hall–Kier alpha value is -0.260. The first-order valence-electron chi connectivity index (χ1n) is 5.26. The Morgan fingerprint density at radius 2 is 1.50 bits per heavy atom. The fourth-order valence-electron chi connectivity index (χ4n) is 1.82. The molecule has 0 atom stereocenters. The normalized spacial score (nSPS) is 13.6. The molecule has 0 fully saturated rings. The third-order valence-corrected chi connectivity index (χ3v) is 3.40. The van der Waals surface area contributed by atoms with E-state index in [0.717, 1.165) is 0 Å². The van der Waals surface area contributed by atoms with Crippen molar-refractivity contribution in [3.05, 3.63) is 11.6 Å². The predicted octanol–water partition coefficient (Wildman–Crippen LogP) is 4.56. The Morgan fingerprint density at radius 3 is 1.75 bits per heavy atom. The highest BCUT2D eigenvalue weighted by Gasteiger charge is 2.23. The van der Waals surface area contributed by atoms with Crippen molar-refractivity contribution in [1.29, 1.82) is 0 Å². The first kappa shape index (κ1) is 11.7. The Balaban J connectivity index is 4.30. The van der Waals surface area contributed by atoms with Crippen LogP contribution in [0.25, 0.3) is 0 Å². The molecule has 0 radical (unpaired) electrons. The van der Waals surface area contributed by atoms with Gasteiger partial charge in [-0.3, -0.25) is 0 Å². The Labute approximate surface area is 78.1 Å². The number of hydrogen-bond acceptors (Lipinski definition) is 0. The van der Waals surface area contributed by atoms with Gasteiger partial charge in [-0.1, -0.05) is 51.7 Å². The minimum atomic E-state index is 0.580. The van der Waals surface area contributed by atoms with E-state index in [1.807, 2.05) is 0 Å². The van der Waals surface area contributed by atoms with Gasteiger partial charge in [-0.2, -0.15) is 0 Å². The standard InChI is InChI=1S/C12H24/c1-6-11(5)10-12(7-2,8-3)9-4/h6H,7-10H2,1-5H3. The van der Waals surface area contributed by atoms with Crippen molar-refractivity contribution in [3.8, 4) is 0 Å². The van der Waals surface area contributed by atoms with Crippen molar-refractivity contribution >= 4 is 0 Å². The van der Waals surface area contributed by atoms with E-state index >= 15 is 0 Å². The molecule has 0 rings (SSSR count). The van der Waals surface area contributed by atoms with Crippen LogP contribution in [0.4, 0.5) is 0 Å². The Morgan fingerprint density at radius 1 is 1.08 bits per heavy atom. The van der Waals surface area contributed by atoms with E-state index in [9.17, 15) is 0 Å². The maximum atomic E-state index is 2.32. The van der Waals surface area contributed by atoms with E-state index in [4.69, 9.17) is 0 Å². The SMILES string of the molecule is CC=C(C)CC(CC)(CC)CC. The first-order valence-corrected chi connectivity index (χ1v) is 5.26. The molecular formula is C12H24. The van der Waals surface area contributed by atoms with E-state index in [0.29, 0.717) is 5.41 Å². The smallest absolute Gasteiger partial charge is 0.0267 e. The molecule has 12 heavy (non-hydrogen) atoms. The van der Waals surface area contributed by atoms with Crippen LogP contribution in [0.2, 0.25) is 0 Å². The molecule has 72 valence electrons. The Kier molecular flexibility index (Phi) is 5.28. The van der Waals surface area contributed by atoms with Crippen molar-refractivity contribution in [3.63, 3.8) is 0 Å². The van der Waals surface area contributed by atoms with Gasteiger partial charge >= 0.3 is 0 Å². The van der Waals surface area contributed by atoms with Crippen LogP contribution in [0.5, 0.6) is 0 Å². The lowest BCUT2D eigenvalue weighted by Gasteiger charge is -2.30. The van der Waals surface area contributed by atoms with Crippen LogP contribution in [0.15, 0.2) is 11.6 Å². The van der Waals surface area contributed by atoms with Crippen molar-refractivity contribution < 1.29 is 0 Å². The number of rotatable bonds is 5. The summed E-state index contributed by atoms with van der Waals surface area (Å²) in [6.07, 6.45) is 7.46. The molecule has 0 aromatic heterocycles. The molecule has 0 heteroatoms. The highest BCUT2D eigenvalue weighted by atomic mass is 14.3. The molecular weight excluding hydrogens is 144 g/mol. The molecule has 0 aliphatic carbocycles. The second-order valence-electron chi connectivity index (χ2n) is 3.87. The lowest BCUT2D eigenvalue weighted by molar-refractivity contribution is 0.248. The fourth-order valence-corrected chi connectivity index (χ4v) is 1.82. The van der Waals surface area contributed by atoms with Gasteiger partial charge in [0, 0.05) is 0 Å². The molecule has 0 spiro atoms. The topological polar surface area (TPSA) is 0 Å². The maximum absolute atomic E-state index is 2.32. The first-order chi connectivity index (χ1) is 5.64. The van der Waals surface area contributed by atoms with Gasteiger partial charge in [0.05, 0.1) is 0 Å². The van der Waals surface area contributed by atoms with Gasteiger partial charge in [0.1, 0.15) is 0 Å². The third kappa shape index (κ3) is 3.00. The largest absolute Gasteiger partial charge is 0.0887 e. The second-order valence-corrected chi connectivity index (χ2v) is 3.87. The summed E-state index contributed by atoms with van der Waals surface area (Å²) in [4.78, 5) is 0. The summed E-state index contributed by atoms with van der Waals surface area (Å²) in [6, 6.07) is 0. The maximum Gasteiger partial charge on any atom is -0.0267 e. The minimum absolute atomic E-state index is 0.580. The zero-order chi connectivity index (χ0) is 9.61. The molecule has 0 amide bonds. The average Bonchev–Trinajstić information content (AvgIpc) is 2.14. The summed E-state index contributed by atoms with van der Waals surface area (Å²) < 4.78 is 0. The van der Waals surface area contributed by atoms with E-state index in [1.165, 1.54) is 25.7 Å². The minimum Gasteiger partial charge on any atom is -0.0887 e. The van der Waals surface area contributed by atoms with Crippen LogP contribution in [-0.4, -0.2) is 0 Å². The van der Waals surface area contributed by atoms with Crippen LogP contribution in [0.3, 0.4) is 0 Å².